The zero-order valence-corrected chi connectivity index (χ0v) is 23.0. The first-order valence-corrected chi connectivity index (χ1v) is 15.0. The molecule has 2 N–H and O–H groups in total. The number of hydrogen-bond acceptors (Lipinski definition) is 6. The summed E-state index contributed by atoms with van der Waals surface area (Å²) in [4.78, 5) is 11.6. The van der Waals surface area contributed by atoms with Crippen LogP contribution in [-0.4, -0.2) is 34.3 Å². The lowest BCUT2D eigenvalue weighted by molar-refractivity contribution is 0.549. The van der Waals surface area contributed by atoms with Crippen molar-refractivity contribution < 1.29 is 8.42 Å². The molecule has 192 valence electrons. The maximum absolute atomic E-state index is 11.8. The van der Waals surface area contributed by atoms with Crippen LogP contribution in [-0.2, 0) is 10.0 Å². The van der Waals surface area contributed by atoms with Gasteiger partial charge in [0.1, 0.15) is 6.04 Å². The average molecular weight is 561 g/mol. The largest absolute Gasteiger partial charge is 0.351 e. The van der Waals surface area contributed by atoms with Crippen LogP contribution in [0.15, 0.2) is 85.2 Å². The lowest BCUT2D eigenvalue weighted by atomic mass is 10.0. The molecule has 4 heterocycles. The summed E-state index contributed by atoms with van der Waals surface area (Å²) >= 11 is 7.51. The first kappa shape index (κ1) is 24.5. The van der Waals surface area contributed by atoms with E-state index in [1.54, 1.807) is 23.6 Å². The van der Waals surface area contributed by atoms with E-state index >= 15 is 0 Å². The van der Waals surface area contributed by atoms with Crippen LogP contribution in [0.3, 0.4) is 0 Å². The molecule has 0 saturated carbocycles. The van der Waals surface area contributed by atoms with Crippen LogP contribution in [0.4, 0.5) is 11.4 Å². The van der Waals surface area contributed by atoms with E-state index in [9.17, 15) is 8.42 Å². The van der Waals surface area contributed by atoms with Gasteiger partial charge in [-0.3, -0.25) is 14.3 Å². The summed E-state index contributed by atoms with van der Waals surface area (Å²) in [5.41, 5.74) is 4.99. The summed E-state index contributed by atoms with van der Waals surface area (Å²) < 4.78 is 29.5. The normalized spacial score (nSPS) is 17.6. The molecule has 3 aromatic heterocycles. The number of thiazole rings is 1. The van der Waals surface area contributed by atoms with Crippen molar-refractivity contribution in [2.75, 3.05) is 15.9 Å². The molecule has 6 rings (SSSR count). The fraction of sp³-hybridized carbons (Fsp3) is 0.148. The molecule has 0 spiro atoms. The van der Waals surface area contributed by atoms with Gasteiger partial charge < -0.3 is 10.2 Å². The number of fused-ring (bicyclic) bond motifs is 1. The van der Waals surface area contributed by atoms with Gasteiger partial charge in [-0.05, 0) is 79.3 Å². The fourth-order valence-corrected chi connectivity index (χ4v) is 6.76. The van der Waals surface area contributed by atoms with E-state index in [0.717, 1.165) is 44.2 Å². The second-order valence-corrected chi connectivity index (χ2v) is 12.3. The highest BCUT2D eigenvalue weighted by Crippen LogP contribution is 2.43. The molecule has 0 amide bonds. The van der Waals surface area contributed by atoms with Crippen molar-refractivity contribution in [3.8, 4) is 5.13 Å². The van der Waals surface area contributed by atoms with Crippen molar-refractivity contribution in [2.24, 2.45) is 0 Å². The Hall–Kier alpha value is -3.80. The molecule has 11 heteroatoms. The number of para-hydroxylation sites is 1. The minimum absolute atomic E-state index is 0.221. The number of hydrogen-bond donors (Lipinski definition) is 2. The Bertz CT molecular complexity index is 1730. The quantitative estimate of drug-likeness (QED) is 0.271. The van der Waals surface area contributed by atoms with Gasteiger partial charge in [0.15, 0.2) is 10.2 Å². The molecule has 0 unspecified atom stereocenters. The molecule has 2 aromatic carbocycles. The first-order chi connectivity index (χ1) is 18.3. The number of nitrogens with zero attached hydrogens (tertiary/aromatic N) is 4. The molecule has 1 aliphatic rings. The second kappa shape index (κ2) is 9.50. The SMILES string of the molecule is Cc1cc(N2C(=S)N[C@H](c3ccccn3)[C@@H]2c2cccn2-c2nc3ccccc3s2)ccc1NS(C)(=O)=O. The van der Waals surface area contributed by atoms with Crippen molar-refractivity contribution in [1.82, 2.24) is 19.9 Å². The number of aryl methyl sites for hydroxylation is 1. The standard InChI is InChI=1S/C27H24N6O2S3/c1-17-16-18(12-13-19(17)31-38(2,34)35)33-25(24(30-26(33)36)21-9-5-6-14-28-21)22-10-7-15-32(22)27-29-20-8-3-4-11-23(20)37-27/h3-16,24-25,31H,1-2H3,(H,30,36)/t24-,25+/m1/s1. The van der Waals surface area contributed by atoms with E-state index in [4.69, 9.17) is 17.2 Å². The highest BCUT2D eigenvalue weighted by molar-refractivity contribution is 7.92. The lowest BCUT2D eigenvalue weighted by Crippen LogP contribution is -2.30. The maximum Gasteiger partial charge on any atom is 0.229 e. The molecule has 0 bridgehead atoms. The van der Waals surface area contributed by atoms with Gasteiger partial charge in [-0.1, -0.05) is 29.5 Å². The molecule has 5 aromatic rings. The van der Waals surface area contributed by atoms with Crippen LogP contribution in [0.25, 0.3) is 15.3 Å². The van der Waals surface area contributed by atoms with Crippen LogP contribution < -0.4 is 14.9 Å². The predicted octanol–water partition coefficient (Wildman–Crippen LogP) is 5.34. The van der Waals surface area contributed by atoms with Crippen molar-refractivity contribution >= 4 is 60.3 Å². The Balaban J connectivity index is 1.48. The number of nitrogens with one attached hydrogen (secondary N) is 2. The third-order valence-corrected chi connectivity index (χ3v) is 8.39. The summed E-state index contributed by atoms with van der Waals surface area (Å²) in [5.74, 6) is 0. The highest BCUT2D eigenvalue weighted by atomic mass is 32.2. The van der Waals surface area contributed by atoms with E-state index in [0.29, 0.717) is 10.8 Å². The Labute approximate surface area is 230 Å². The zero-order valence-electron chi connectivity index (χ0n) is 20.6. The summed E-state index contributed by atoms with van der Waals surface area (Å²) in [6, 6.07) is 23.2. The van der Waals surface area contributed by atoms with Crippen LogP contribution in [0, 0.1) is 6.92 Å². The minimum atomic E-state index is -3.40. The number of rotatable bonds is 6. The smallest absolute Gasteiger partial charge is 0.229 e. The van der Waals surface area contributed by atoms with Gasteiger partial charge in [-0.2, -0.15) is 0 Å². The maximum atomic E-state index is 11.8. The van der Waals surface area contributed by atoms with E-state index in [1.807, 2.05) is 67.7 Å². The minimum Gasteiger partial charge on any atom is -0.351 e. The predicted molar refractivity (Wildman–Crippen MR) is 157 cm³/mol. The van der Waals surface area contributed by atoms with Crippen molar-refractivity contribution in [3.63, 3.8) is 0 Å². The van der Waals surface area contributed by atoms with Gasteiger partial charge in [0.2, 0.25) is 10.0 Å². The van der Waals surface area contributed by atoms with Gasteiger partial charge in [-0.15, -0.1) is 0 Å². The van der Waals surface area contributed by atoms with Crippen LogP contribution in [0.1, 0.15) is 29.0 Å². The molecule has 38 heavy (non-hydrogen) atoms. The number of sulfonamides is 1. The Morgan fingerprint density at radius 1 is 1.05 bits per heavy atom. The number of aromatic nitrogens is 3. The van der Waals surface area contributed by atoms with E-state index < -0.39 is 10.0 Å². The molecule has 1 saturated heterocycles. The molecule has 1 aliphatic heterocycles. The van der Waals surface area contributed by atoms with Crippen molar-refractivity contribution in [2.45, 2.75) is 19.0 Å². The third-order valence-electron chi connectivity index (χ3n) is 6.45. The van der Waals surface area contributed by atoms with Crippen LogP contribution in [0.2, 0.25) is 0 Å². The van der Waals surface area contributed by atoms with Gasteiger partial charge in [-0.25, -0.2) is 13.4 Å². The fourth-order valence-electron chi connectivity index (χ4n) is 4.82. The van der Waals surface area contributed by atoms with E-state index in [1.165, 1.54) is 0 Å². The average Bonchev–Trinajstić information content (AvgIpc) is 3.61. The number of thiocarbonyl (C=S) groups is 1. The van der Waals surface area contributed by atoms with E-state index in [2.05, 4.69) is 36.6 Å². The summed E-state index contributed by atoms with van der Waals surface area (Å²) in [5, 5.41) is 4.92. The van der Waals surface area contributed by atoms with Gasteiger partial charge in [0.05, 0.1) is 39.6 Å². The Kier molecular flexibility index (Phi) is 6.13. The highest BCUT2D eigenvalue weighted by Gasteiger charge is 2.42. The second-order valence-electron chi connectivity index (χ2n) is 9.14. The Morgan fingerprint density at radius 2 is 1.87 bits per heavy atom. The molecular weight excluding hydrogens is 537 g/mol. The van der Waals surface area contributed by atoms with Gasteiger partial charge in [0.25, 0.3) is 0 Å². The van der Waals surface area contributed by atoms with E-state index in [-0.39, 0.29) is 12.1 Å². The number of pyridine rings is 1. The molecule has 0 aliphatic carbocycles. The van der Waals surface area contributed by atoms with Crippen molar-refractivity contribution in [3.05, 3.63) is 102 Å². The molecule has 8 nitrogen and oxygen atoms in total. The first-order valence-electron chi connectivity index (χ1n) is 11.9. The monoisotopic (exact) mass is 560 g/mol. The zero-order chi connectivity index (χ0) is 26.4. The van der Waals surface area contributed by atoms with Crippen molar-refractivity contribution in [1.29, 1.82) is 0 Å². The van der Waals surface area contributed by atoms with Crippen LogP contribution >= 0.6 is 23.6 Å². The molecule has 2 atom stereocenters. The van der Waals surface area contributed by atoms with Gasteiger partial charge >= 0.3 is 0 Å². The molecule has 1 fully saturated rings. The topological polar surface area (TPSA) is 92.2 Å². The summed E-state index contributed by atoms with van der Waals surface area (Å²) in [6.07, 6.45) is 4.94. The molecule has 0 radical (unpaired) electrons. The third kappa shape index (κ3) is 4.53. The summed E-state index contributed by atoms with van der Waals surface area (Å²) in [7, 11) is -3.40. The Morgan fingerprint density at radius 3 is 2.61 bits per heavy atom. The number of anilines is 2. The van der Waals surface area contributed by atoms with Gasteiger partial charge in [0, 0.05) is 18.1 Å². The number of benzene rings is 2. The summed E-state index contributed by atoms with van der Waals surface area (Å²) in [6.45, 7) is 1.87. The lowest BCUT2D eigenvalue weighted by Gasteiger charge is -2.29. The van der Waals surface area contributed by atoms with Crippen LogP contribution in [0.5, 0.6) is 0 Å². The molecular formula is C27H24N6O2S3.